The SMILES string of the molecule is COc1cc2nc(-n3cccn3)[nH]c(=O)c2cc1Oc1ccccc1. The minimum absolute atomic E-state index is 0.281. The molecule has 0 atom stereocenters. The molecular formula is C18H14N4O3. The quantitative estimate of drug-likeness (QED) is 0.620. The number of nitrogens with one attached hydrogen (secondary N) is 1. The van der Waals surface area contributed by atoms with E-state index in [0.717, 1.165) is 0 Å². The second-order valence-electron chi connectivity index (χ2n) is 5.28. The van der Waals surface area contributed by atoms with Gasteiger partial charge in [-0.25, -0.2) is 9.67 Å². The van der Waals surface area contributed by atoms with Gasteiger partial charge in [0.25, 0.3) is 5.56 Å². The first-order chi connectivity index (χ1) is 12.2. The first-order valence-corrected chi connectivity index (χ1v) is 7.59. The number of para-hydroxylation sites is 1. The number of fused-ring (bicyclic) bond motifs is 1. The van der Waals surface area contributed by atoms with Gasteiger partial charge in [-0.15, -0.1) is 0 Å². The van der Waals surface area contributed by atoms with Crippen molar-refractivity contribution in [1.29, 1.82) is 0 Å². The molecule has 4 aromatic rings. The molecule has 0 aliphatic carbocycles. The maximum Gasteiger partial charge on any atom is 0.260 e. The van der Waals surface area contributed by atoms with Gasteiger partial charge in [-0.05, 0) is 24.3 Å². The van der Waals surface area contributed by atoms with Crippen LogP contribution in [0.4, 0.5) is 0 Å². The Hall–Kier alpha value is -3.61. The minimum atomic E-state index is -0.281. The van der Waals surface area contributed by atoms with E-state index in [9.17, 15) is 4.79 Å². The molecule has 2 aromatic heterocycles. The first kappa shape index (κ1) is 14.9. The Morgan fingerprint density at radius 1 is 1.08 bits per heavy atom. The van der Waals surface area contributed by atoms with Crippen molar-refractivity contribution in [1.82, 2.24) is 19.7 Å². The molecule has 0 fully saturated rings. The van der Waals surface area contributed by atoms with Crippen molar-refractivity contribution in [3.63, 3.8) is 0 Å². The van der Waals surface area contributed by atoms with Gasteiger partial charge in [0.2, 0.25) is 5.95 Å². The summed E-state index contributed by atoms with van der Waals surface area (Å²) in [5, 5.41) is 4.48. The minimum Gasteiger partial charge on any atom is -0.493 e. The second kappa shape index (κ2) is 6.12. The lowest BCUT2D eigenvalue weighted by Crippen LogP contribution is -2.14. The maximum absolute atomic E-state index is 12.5. The molecule has 2 aromatic carbocycles. The highest BCUT2D eigenvalue weighted by molar-refractivity contribution is 5.82. The fourth-order valence-corrected chi connectivity index (χ4v) is 2.49. The standard InChI is InChI=1S/C18H14N4O3/c1-24-15-11-14-13(10-16(15)25-12-6-3-2-4-7-12)17(23)21-18(20-14)22-9-5-8-19-22/h2-11H,1H3,(H,20,21,23). The molecule has 1 N–H and O–H groups in total. The van der Waals surface area contributed by atoms with Gasteiger partial charge in [-0.3, -0.25) is 9.78 Å². The van der Waals surface area contributed by atoms with Crippen LogP contribution >= 0.6 is 0 Å². The Kier molecular flexibility index (Phi) is 3.66. The molecule has 0 unspecified atom stereocenters. The Balaban J connectivity index is 1.85. The lowest BCUT2D eigenvalue weighted by Gasteiger charge is -2.11. The van der Waals surface area contributed by atoms with Crippen molar-refractivity contribution in [3.8, 4) is 23.2 Å². The number of nitrogens with zero attached hydrogens (tertiary/aromatic N) is 3. The van der Waals surface area contributed by atoms with E-state index >= 15 is 0 Å². The molecule has 7 heteroatoms. The van der Waals surface area contributed by atoms with E-state index in [0.29, 0.717) is 34.1 Å². The molecule has 0 bridgehead atoms. The highest BCUT2D eigenvalue weighted by Crippen LogP contribution is 2.34. The van der Waals surface area contributed by atoms with Gasteiger partial charge in [-0.2, -0.15) is 5.10 Å². The van der Waals surface area contributed by atoms with Gasteiger partial charge >= 0.3 is 0 Å². The number of hydrogen-bond donors (Lipinski definition) is 1. The third-order valence-corrected chi connectivity index (χ3v) is 3.67. The zero-order chi connectivity index (χ0) is 17.2. The monoisotopic (exact) mass is 334 g/mol. The number of aromatic amines is 1. The lowest BCUT2D eigenvalue weighted by atomic mass is 10.2. The largest absolute Gasteiger partial charge is 0.493 e. The number of ether oxygens (including phenoxy) is 2. The number of benzene rings is 2. The van der Waals surface area contributed by atoms with E-state index in [2.05, 4.69) is 15.1 Å². The predicted octanol–water partition coefficient (Wildman–Crippen LogP) is 2.91. The van der Waals surface area contributed by atoms with Crippen LogP contribution in [0.5, 0.6) is 17.2 Å². The zero-order valence-corrected chi connectivity index (χ0v) is 13.3. The molecule has 2 heterocycles. The van der Waals surface area contributed by atoms with Crippen LogP contribution in [0.15, 0.2) is 65.7 Å². The highest BCUT2D eigenvalue weighted by Gasteiger charge is 2.13. The Morgan fingerprint density at radius 2 is 1.92 bits per heavy atom. The first-order valence-electron chi connectivity index (χ1n) is 7.59. The van der Waals surface area contributed by atoms with Gasteiger partial charge in [-0.1, -0.05) is 18.2 Å². The highest BCUT2D eigenvalue weighted by atomic mass is 16.5. The molecule has 4 rings (SSSR count). The average molecular weight is 334 g/mol. The van der Waals surface area contributed by atoms with E-state index < -0.39 is 0 Å². The Morgan fingerprint density at radius 3 is 2.64 bits per heavy atom. The summed E-state index contributed by atoms with van der Waals surface area (Å²) in [7, 11) is 1.54. The Bertz CT molecular complexity index is 1070. The van der Waals surface area contributed by atoms with Crippen molar-refractivity contribution in [2.45, 2.75) is 0 Å². The summed E-state index contributed by atoms with van der Waals surface area (Å²) >= 11 is 0. The van der Waals surface area contributed by atoms with Gasteiger partial charge in [0.1, 0.15) is 5.75 Å². The summed E-state index contributed by atoms with van der Waals surface area (Å²) in [6, 6.07) is 14.3. The van der Waals surface area contributed by atoms with Gasteiger partial charge < -0.3 is 9.47 Å². The summed E-state index contributed by atoms with van der Waals surface area (Å²) in [5.74, 6) is 1.92. The van der Waals surface area contributed by atoms with Crippen molar-refractivity contribution in [2.24, 2.45) is 0 Å². The molecular weight excluding hydrogens is 320 g/mol. The van der Waals surface area contributed by atoms with E-state index in [-0.39, 0.29) is 5.56 Å². The molecule has 0 aliphatic rings. The van der Waals surface area contributed by atoms with E-state index in [1.54, 1.807) is 37.7 Å². The average Bonchev–Trinajstić information content (AvgIpc) is 3.17. The summed E-state index contributed by atoms with van der Waals surface area (Å²) in [5.41, 5.74) is 0.211. The number of methoxy groups -OCH3 is 1. The molecule has 0 aliphatic heterocycles. The summed E-state index contributed by atoms with van der Waals surface area (Å²) in [4.78, 5) is 19.6. The summed E-state index contributed by atoms with van der Waals surface area (Å²) in [6.07, 6.45) is 3.32. The van der Waals surface area contributed by atoms with Crippen LogP contribution in [0.25, 0.3) is 16.9 Å². The van der Waals surface area contributed by atoms with Gasteiger partial charge in [0.05, 0.1) is 18.0 Å². The van der Waals surface area contributed by atoms with Crippen LogP contribution in [0.3, 0.4) is 0 Å². The summed E-state index contributed by atoms with van der Waals surface area (Å²) in [6.45, 7) is 0. The molecule has 124 valence electrons. The number of hydrogen-bond acceptors (Lipinski definition) is 5. The third kappa shape index (κ3) is 2.83. The van der Waals surface area contributed by atoms with E-state index in [1.165, 1.54) is 4.68 Å². The smallest absolute Gasteiger partial charge is 0.260 e. The third-order valence-electron chi connectivity index (χ3n) is 3.67. The van der Waals surface area contributed by atoms with Crippen molar-refractivity contribution < 1.29 is 9.47 Å². The summed E-state index contributed by atoms with van der Waals surface area (Å²) < 4.78 is 12.7. The number of rotatable bonds is 4. The fourth-order valence-electron chi connectivity index (χ4n) is 2.49. The zero-order valence-electron chi connectivity index (χ0n) is 13.3. The normalized spacial score (nSPS) is 10.8. The second-order valence-corrected chi connectivity index (χ2v) is 5.28. The number of aromatic nitrogens is 4. The van der Waals surface area contributed by atoms with Crippen LogP contribution in [0, 0.1) is 0 Å². The van der Waals surface area contributed by atoms with Crippen molar-refractivity contribution >= 4 is 10.9 Å². The molecule has 0 saturated heterocycles. The van der Waals surface area contributed by atoms with Crippen LogP contribution in [0.2, 0.25) is 0 Å². The van der Waals surface area contributed by atoms with Gasteiger partial charge in [0.15, 0.2) is 11.5 Å². The lowest BCUT2D eigenvalue weighted by molar-refractivity contribution is 0.379. The van der Waals surface area contributed by atoms with Crippen LogP contribution in [0.1, 0.15) is 0 Å². The topological polar surface area (TPSA) is 82.0 Å². The fraction of sp³-hybridized carbons (Fsp3) is 0.0556. The molecule has 0 spiro atoms. The molecule has 0 radical (unpaired) electrons. The predicted molar refractivity (Wildman–Crippen MR) is 92.6 cm³/mol. The molecule has 25 heavy (non-hydrogen) atoms. The van der Waals surface area contributed by atoms with E-state index in [1.807, 2.05) is 30.3 Å². The molecule has 7 nitrogen and oxygen atoms in total. The molecule has 0 amide bonds. The van der Waals surface area contributed by atoms with Crippen LogP contribution in [-0.2, 0) is 0 Å². The van der Waals surface area contributed by atoms with Crippen LogP contribution < -0.4 is 15.0 Å². The Labute approximate surface area is 142 Å². The van der Waals surface area contributed by atoms with Crippen molar-refractivity contribution in [3.05, 3.63) is 71.3 Å². The number of H-pyrrole nitrogens is 1. The van der Waals surface area contributed by atoms with Crippen LogP contribution in [-0.4, -0.2) is 26.9 Å². The van der Waals surface area contributed by atoms with Crippen molar-refractivity contribution in [2.75, 3.05) is 7.11 Å². The molecule has 0 saturated carbocycles. The van der Waals surface area contributed by atoms with E-state index in [4.69, 9.17) is 9.47 Å². The van der Waals surface area contributed by atoms with Gasteiger partial charge in [0, 0.05) is 18.5 Å². The maximum atomic E-state index is 12.5.